The number of hydrogen-bond acceptors (Lipinski definition) is 5. The van der Waals surface area contributed by atoms with Gasteiger partial charge in [-0.1, -0.05) is 30.3 Å². The van der Waals surface area contributed by atoms with Crippen molar-refractivity contribution >= 4 is 10.0 Å². The lowest BCUT2D eigenvalue weighted by Crippen LogP contribution is -2.50. The largest absolute Gasteiger partial charge is 0.295 e. The molecular weight excluding hydrogens is 336 g/mol. The number of nitrogens with one attached hydrogen (secondary N) is 3. The van der Waals surface area contributed by atoms with Crippen molar-refractivity contribution in [1.82, 2.24) is 20.5 Å². The van der Waals surface area contributed by atoms with Gasteiger partial charge in [-0.25, -0.2) is 13.1 Å². The number of sulfonamides is 1. The van der Waals surface area contributed by atoms with E-state index in [1.807, 2.05) is 39.0 Å². The SMILES string of the molecule is CC(CN(Cc1ccccc1)C(C)C)NS(=O)(=O)C1C(C)NNC1C. The summed E-state index contributed by atoms with van der Waals surface area (Å²) in [5.74, 6) is 0. The van der Waals surface area contributed by atoms with Gasteiger partial charge < -0.3 is 0 Å². The number of rotatable bonds is 8. The maximum atomic E-state index is 12.8. The van der Waals surface area contributed by atoms with Crippen LogP contribution >= 0.6 is 0 Å². The fourth-order valence-electron chi connectivity index (χ4n) is 3.42. The smallest absolute Gasteiger partial charge is 0.217 e. The van der Waals surface area contributed by atoms with Gasteiger partial charge in [-0.2, -0.15) is 0 Å². The Morgan fingerprint density at radius 3 is 2.16 bits per heavy atom. The summed E-state index contributed by atoms with van der Waals surface area (Å²) in [6.45, 7) is 11.5. The molecule has 0 radical (unpaired) electrons. The van der Waals surface area contributed by atoms with Gasteiger partial charge >= 0.3 is 0 Å². The van der Waals surface area contributed by atoms with Gasteiger partial charge in [0.15, 0.2) is 0 Å². The molecule has 0 saturated carbocycles. The Kier molecular flexibility index (Phi) is 6.99. The molecule has 1 aromatic carbocycles. The molecule has 0 amide bonds. The van der Waals surface area contributed by atoms with Crippen molar-refractivity contribution in [1.29, 1.82) is 0 Å². The zero-order valence-electron chi connectivity index (χ0n) is 15.9. The molecule has 0 aliphatic carbocycles. The topological polar surface area (TPSA) is 73.5 Å². The predicted octanol–water partition coefficient (Wildman–Crippen LogP) is 1.46. The van der Waals surface area contributed by atoms with Crippen molar-refractivity contribution in [2.75, 3.05) is 6.54 Å². The lowest BCUT2D eigenvalue weighted by molar-refractivity contribution is 0.199. The molecule has 7 heteroatoms. The first-order valence-electron chi connectivity index (χ1n) is 9.01. The fraction of sp³-hybridized carbons (Fsp3) is 0.667. The molecule has 6 nitrogen and oxygen atoms in total. The van der Waals surface area contributed by atoms with Gasteiger partial charge in [0.25, 0.3) is 0 Å². The molecule has 1 fully saturated rings. The van der Waals surface area contributed by atoms with E-state index in [-0.39, 0.29) is 18.1 Å². The highest BCUT2D eigenvalue weighted by molar-refractivity contribution is 7.90. The summed E-state index contributed by atoms with van der Waals surface area (Å²) >= 11 is 0. The molecule has 0 aromatic heterocycles. The minimum absolute atomic E-state index is 0.120. The number of nitrogens with zero attached hydrogens (tertiary/aromatic N) is 1. The normalized spacial score (nSPS) is 25.6. The molecular formula is C18H32N4O2S. The zero-order chi connectivity index (χ0) is 18.6. The zero-order valence-corrected chi connectivity index (χ0v) is 16.7. The van der Waals surface area contributed by atoms with Crippen LogP contribution in [0.15, 0.2) is 30.3 Å². The van der Waals surface area contributed by atoms with Crippen LogP contribution in [0.3, 0.4) is 0 Å². The van der Waals surface area contributed by atoms with Crippen LogP contribution in [0.2, 0.25) is 0 Å². The minimum Gasteiger partial charge on any atom is -0.295 e. The average molecular weight is 369 g/mol. The van der Waals surface area contributed by atoms with Gasteiger partial charge in [0.1, 0.15) is 5.25 Å². The van der Waals surface area contributed by atoms with E-state index in [1.165, 1.54) is 5.56 Å². The summed E-state index contributed by atoms with van der Waals surface area (Å²) in [6.07, 6.45) is 0. The van der Waals surface area contributed by atoms with Crippen molar-refractivity contribution in [3.63, 3.8) is 0 Å². The van der Waals surface area contributed by atoms with E-state index in [1.54, 1.807) is 0 Å². The van der Waals surface area contributed by atoms with E-state index in [2.05, 4.69) is 46.5 Å². The van der Waals surface area contributed by atoms with E-state index < -0.39 is 15.3 Å². The predicted molar refractivity (Wildman–Crippen MR) is 102 cm³/mol. The van der Waals surface area contributed by atoms with Crippen LogP contribution in [0.1, 0.15) is 40.2 Å². The lowest BCUT2D eigenvalue weighted by Gasteiger charge is -2.30. The molecule has 142 valence electrons. The molecule has 0 spiro atoms. The van der Waals surface area contributed by atoms with Gasteiger partial charge in [0.2, 0.25) is 10.0 Å². The lowest BCUT2D eigenvalue weighted by atomic mass is 10.1. The number of hydrazine groups is 1. The third-order valence-corrected chi connectivity index (χ3v) is 6.98. The van der Waals surface area contributed by atoms with Crippen molar-refractivity contribution in [3.8, 4) is 0 Å². The fourth-order valence-corrected chi connectivity index (χ4v) is 5.43. The standard InChI is InChI=1S/C18H32N4O2S/c1-13(2)22(12-17-9-7-6-8-10-17)11-14(3)21-25(23,24)18-15(4)19-20-16(18)5/h6-10,13-16,18-21H,11-12H2,1-5H3. The molecule has 1 aliphatic heterocycles. The van der Waals surface area contributed by atoms with Crippen LogP contribution in [0.25, 0.3) is 0 Å². The highest BCUT2D eigenvalue weighted by atomic mass is 32.2. The molecule has 3 atom stereocenters. The van der Waals surface area contributed by atoms with Crippen LogP contribution in [-0.2, 0) is 16.6 Å². The molecule has 1 aromatic rings. The first kappa shape index (κ1) is 20.3. The van der Waals surface area contributed by atoms with Crippen LogP contribution in [0.5, 0.6) is 0 Å². The summed E-state index contributed by atoms with van der Waals surface area (Å²) in [4.78, 5) is 2.29. The first-order chi connectivity index (χ1) is 11.7. The maximum absolute atomic E-state index is 12.8. The maximum Gasteiger partial charge on any atom is 0.217 e. The monoisotopic (exact) mass is 368 g/mol. The van der Waals surface area contributed by atoms with E-state index in [0.717, 1.165) is 6.54 Å². The second kappa shape index (κ2) is 8.60. The molecule has 0 bridgehead atoms. The summed E-state index contributed by atoms with van der Waals surface area (Å²) < 4.78 is 28.4. The third kappa shape index (κ3) is 5.49. The Morgan fingerprint density at radius 2 is 1.64 bits per heavy atom. The van der Waals surface area contributed by atoms with E-state index in [0.29, 0.717) is 12.6 Å². The average Bonchev–Trinajstić information content (AvgIpc) is 2.86. The van der Waals surface area contributed by atoms with Crippen LogP contribution in [0.4, 0.5) is 0 Å². The van der Waals surface area contributed by atoms with Gasteiger partial charge in [0, 0.05) is 37.3 Å². The molecule has 1 heterocycles. The summed E-state index contributed by atoms with van der Waals surface area (Å²) in [5, 5.41) is -0.475. The Balaban J connectivity index is 2.00. The van der Waals surface area contributed by atoms with Gasteiger partial charge in [-0.05, 0) is 40.2 Å². The molecule has 1 aliphatic rings. The molecule has 2 rings (SSSR count). The third-order valence-electron chi connectivity index (χ3n) is 4.72. The Morgan fingerprint density at radius 1 is 1.08 bits per heavy atom. The van der Waals surface area contributed by atoms with Crippen LogP contribution < -0.4 is 15.6 Å². The van der Waals surface area contributed by atoms with Gasteiger partial charge in [-0.15, -0.1) is 0 Å². The van der Waals surface area contributed by atoms with E-state index >= 15 is 0 Å². The Bertz CT molecular complexity index is 626. The molecule has 3 unspecified atom stereocenters. The van der Waals surface area contributed by atoms with Crippen LogP contribution in [0, 0.1) is 0 Å². The Hall–Kier alpha value is -0.990. The highest BCUT2D eigenvalue weighted by Gasteiger charge is 2.40. The molecule has 3 N–H and O–H groups in total. The second-order valence-corrected chi connectivity index (χ2v) is 9.27. The van der Waals surface area contributed by atoms with E-state index in [4.69, 9.17) is 0 Å². The van der Waals surface area contributed by atoms with Crippen molar-refractivity contribution in [3.05, 3.63) is 35.9 Å². The van der Waals surface area contributed by atoms with Crippen molar-refractivity contribution < 1.29 is 8.42 Å². The van der Waals surface area contributed by atoms with Crippen molar-refractivity contribution in [2.45, 2.75) is 70.6 Å². The van der Waals surface area contributed by atoms with Crippen LogP contribution in [-0.4, -0.2) is 49.3 Å². The summed E-state index contributed by atoms with van der Waals surface area (Å²) in [7, 11) is -3.40. The summed E-state index contributed by atoms with van der Waals surface area (Å²) in [5.41, 5.74) is 7.26. The number of benzene rings is 1. The molecule has 1 saturated heterocycles. The van der Waals surface area contributed by atoms with Gasteiger partial charge in [0.05, 0.1) is 0 Å². The molecule has 25 heavy (non-hydrogen) atoms. The van der Waals surface area contributed by atoms with Gasteiger partial charge in [-0.3, -0.25) is 15.8 Å². The van der Waals surface area contributed by atoms with E-state index in [9.17, 15) is 8.42 Å². The number of hydrogen-bond donors (Lipinski definition) is 3. The second-order valence-electron chi connectivity index (χ2n) is 7.40. The highest BCUT2D eigenvalue weighted by Crippen LogP contribution is 2.16. The quantitative estimate of drug-likeness (QED) is 0.648. The minimum atomic E-state index is -3.40. The first-order valence-corrected chi connectivity index (χ1v) is 10.6. The Labute approximate surface area is 152 Å². The van der Waals surface area contributed by atoms with Crippen molar-refractivity contribution in [2.24, 2.45) is 0 Å². The summed E-state index contributed by atoms with van der Waals surface area (Å²) in [6, 6.07) is 10.2.